The zero-order valence-electron chi connectivity index (χ0n) is 7.11. The fraction of sp³-hybridized carbons (Fsp3) is 0.429. The van der Waals surface area contributed by atoms with Crippen LogP contribution < -0.4 is 5.32 Å². The van der Waals surface area contributed by atoms with Crippen LogP contribution in [0.4, 0.5) is 5.13 Å². The Hall–Kier alpha value is -1.30. The minimum absolute atomic E-state index is 0.197. The zero-order chi connectivity index (χ0) is 9.68. The van der Waals surface area contributed by atoms with E-state index in [2.05, 4.69) is 15.5 Å². The number of rotatable bonds is 4. The third-order valence-electron chi connectivity index (χ3n) is 1.26. The minimum atomic E-state index is -0.205. The molecule has 0 saturated carbocycles. The van der Waals surface area contributed by atoms with E-state index < -0.39 is 0 Å². The van der Waals surface area contributed by atoms with E-state index in [0.29, 0.717) is 11.4 Å². The van der Waals surface area contributed by atoms with Crippen LogP contribution in [0, 0.1) is 6.92 Å². The molecular weight excluding hydrogens is 190 g/mol. The molecule has 0 aliphatic rings. The summed E-state index contributed by atoms with van der Waals surface area (Å²) in [5.74, 6) is -0.205. The molecule has 0 radical (unpaired) electrons. The molecule has 0 atom stereocenters. The van der Waals surface area contributed by atoms with Crippen molar-refractivity contribution in [2.75, 3.05) is 5.32 Å². The number of hydrogen-bond acceptors (Lipinski definition) is 5. The van der Waals surface area contributed by atoms with E-state index in [1.54, 1.807) is 6.92 Å². The van der Waals surface area contributed by atoms with E-state index in [9.17, 15) is 9.59 Å². The molecule has 1 amide bonds. The van der Waals surface area contributed by atoms with Gasteiger partial charge in [-0.2, -0.15) is 0 Å². The number of hydrogen-bond donors (Lipinski definition) is 1. The second kappa shape index (κ2) is 4.66. The fourth-order valence-corrected chi connectivity index (χ4v) is 1.33. The molecule has 70 valence electrons. The van der Waals surface area contributed by atoms with Crippen molar-refractivity contribution in [1.29, 1.82) is 0 Å². The number of amides is 1. The first kappa shape index (κ1) is 9.79. The van der Waals surface area contributed by atoms with Crippen molar-refractivity contribution in [2.24, 2.45) is 0 Å². The first-order chi connectivity index (χ1) is 6.22. The number of carbonyl (C=O) groups excluding carboxylic acids is 2. The second-order valence-corrected chi connectivity index (χ2v) is 3.56. The molecule has 0 aromatic carbocycles. The topological polar surface area (TPSA) is 72.0 Å². The molecule has 1 aromatic rings. The predicted molar refractivity (Wildman–Crippen MR) is 48.6 cm³/mol. The molecule has 1 N–H and O–H groups in total. The normalized spacial score (nSPS) is 9.62. The largest absolute Gasteiger partial charge is 0.303 e. The standard InChI is InChI=1S/C7H9N3O2S/c1-5-9-10-7(13-5)8-6(12)3-2-4-11/h4H,2-3H2,1H3,(H,8,10,12). The Morgan fingerprint density at radius 2 is 2.38 bits per heavy atom. The van der Waals surface area contributed by atoms with Gasteiger partial charge in [-0.15, -0.1) is 10.2 Å². The first-order valence-electron chi connectivity index (χ1n) is 3.76. The van der Waals surface area contributed by atoms with Crippen molar-refractivity contribution in [2.45, 2.75) is 19.8 Å². The number of aryl methyl sites for hydroxylation is 1. The van der Waals surface area contributed by atoms with Gasteiger partial charge in [-0.3, -0.25) is 4.79 Å². The Morgan fingerprint density at radius 1 is 1.62 bits per heavy atom. The maximum atomic E-state index is 11.0. The summed E-state index contributed by atoms with van der Waals surface area (Å²) in [4.78, 5) is 21.0. The molecule has 0 bridgehead atoms. The summed E-state index contributed by atoms with van der Waals surface area (Å²) in [6, 6.07) is 0. The van der Waals surface area contributed by atoms with Crippen LogP contribution in [-0.4, -0.2) is 22.4 Å². The number of carbonyl (C=O) groups is 2. The highest BCUT2D eigenvalue weighted by atomic mass is 32.1. The van der Waals surface area contributed by atoms with Gasteiger partial charge in [0.15, 0.2) is 0 Å². The summed E-state index contributed by atoms with van der Waals surface area (Å²) in [6.45, 7) is 1.80. The summed E-state index contributed by atoms with van der Waals surface area (Å²) in [5, 5.41) is 11.3. The molecule has 1 rings (SSSR count). The van der Waals surface area contributed by atoms with Gasteiger partial charge in [0.1, 0.15) is 11.3 Å². The smallest absolute Gasteiger partial charge is 0.226 e. The quantitative estimate of drug-likeness (QED) is 0.727. The van der Waals surface area contributed by atoms with Crippen molar-refractivity contribution >= 4 is 28.7 Å². The van der Waals surface area contributed by atoms with Crippen LogP contribution in [0.5, 0.6) is 0 Å². The van der Waals surface area contributed by atoms with Gasteiger partial charge in [0.25, 0.3) is 0 Å². The number of aldehydes is 1. The van der Waals surface area contributed by atoms with Crippen LogP contribution in [-0.2, 0) is 9.59 Å². The molecule has 5 nitrogen and oxygen atoms in total. The fourth-order valence-electron chi connectivity index (χ4n) is 0.719. The van der Waals surface area contributed by atoms with Crippen molar-refractivity contribution < 1.29 is 9.59 Å². The average molecular weight is 199 g/mol. The Morgan fingerprint density at radius 3 is 2.92 bits per heavy atom. The van der Waals surface area contributed by atoms with E-state index in [1.165, 1.54) is 11.3 Å². The lowest BCUT2D eigenvalue weighted by atomic mass is 10.3. The highest BCUT2D eigenvalue weighted by Gasteiger charge is 2.04. The van der Waals surface area contributed by atoms with E-state index in [-0.39, 0.29) is 18.7 Å². The molecule has 0 saturated heterocycles. The first-order valence-corrected chi connectivity index (χ1v) is 4.57. The number of aromatic nitrogens is 2. The molecule has 1 heterocycles. The van der Waals surface area contributed by atoms with Gasteiger partial charge in [-0.05, 0) is 6.92 Å². The molecular formula is C7H9N3O2S. The Kier molecular flexibility index (Phi) is 3.51. The van der Waals surface area contributed by atoms with Crippen LogP contribution in [0.1, 0.15) is 17.8 Å². The van der Waals surface area contributed by atoms with Gasteiger partial charge in [0.05, 0.1) is 0 Å². The SMILES string of the molecule is Cc1nnc(NC(=O)CCC=O)s1. The maximum Gasteiger partial charge on any atom is 0.226 e. The third kappa shape index (κ3) is 3.29. The van der Waals surface area contributed by atoms with Crippen LogP contribution in [0.15, 0.2) is 0 Å². The van der Waals surface area contributed by atoms with Crippen LogP contribution in [0.3, 0.4) is 0 Å². The van der Waals surface area contributed by atoms with E-state index in [1.807, 2.05) is 0 Å². The maximum absolute atomic E-state index is 11.0. The number of anilines is 1. The van der Waals surface area contributed by atoms with E-state index in [0.717, 1.165) is 5.01 Å². The Bertz CT molecular complexity index is 310. The second-order valence-electron chi connectivity index (χ2n) is 2.38. The van der Waals surface area contributed by atoms with Crippen molar-refractivity contribution in [1.82, 2.24) is 10.2 Å². The molecule has 0 aliphatic carbocycles. The lowest BCUT2D eigenvalue weighted by molar-refractivity contribution is -0.118. The lowest BCUT2D eigenvalue weighted by Gasteiger charge is -1.96. The van der Waals surface area contributed by atoms with Crippen LogP contribution >= 0.6 is 11.3 Å². The number of nitrogens with one attached hydrogen (secondary N) is 1. The monoisotopic (exact) mass is 199 g/mol. The van der Waals surface area contributed by atoms with Gasteiger partial charge >= 0.3 is 0 Å². The van der Waals surface area contributed by atoms with Crippen LogP contribution in [0.25, 0.3) is 0 Å². The molecule has 6 heteroatoms. The molecule has 13 heavy (non-hydrogen) atoms. The molecule has 0 spiro atoms. The van der Waals surface area contributed by atoms with Crippen LogP contribution in [0.2, 0.25) is 0 Å². The molecule has 0 aliphatic heterocycles. The molecule has 0 unspecified atom stereocenters. The summed E-state index contributed by atoms with van der Waals surface area (Å²) in [6.07, 6.45) is 1.15. The Labute approximate surface area is 79.2 Å². The zero-order valence-corrected chi connectivity index (χ0v) is 7.93. The summed E-state index contributed by atoms with van der Waals surface area (Å²) in [7, 11) is 0. The van der Waals surface area contributed by atoms with Crippen molar-refractivity contribution in [3.8, 4) is 0 Å². The molecule has 1 aromatic heterocycles. The summed E-state index contributed by atoms with van der Waals surface area (Å²) in [5.41, 5.74) is 0. The van der Waals surface area contributed by atoms with Crippen molar-refractivity contribution in [3.05, 3.63) is 5.01 Å². The average Bonchev–Trinajstić information content (AvgIpc) is 2.48. The van der Waals surface area contributed by atoms with Gasteiger partial charge < -0.3 is 10.1 Å². The summed E-state index contributed by atoms with van der Waals surface area (Å²) < 4.78 is 0. The van der Waals surface area contributed by atoms with Gasteiger partial charge in [-0.1, -0.05) is 11.3 Å². The number of nitrogens with zero attached hydrogens (tertiary/aromatic N) is 2. The van der Waals surface area contributed by atoms with Gasteiger partial charge in [-0.25, -0.2) is 0 Å². The molecule has 0 fully saturated rings. The predicted octanol–water partition coefficient (Wildman–Crippen LogP) is 0.764. The van der Waals surface area contributed by atoms with Crippen molar-refractivity contribution in [3.63, 3.8) is 0 Å². The van der Waals surface area contributed by atoms with Gasteiger partial charge in [0.2, 0.25) is 11.0 Å². The summed E-state index contributed by atoms with van der Waals surface area (Å²) >= 11 is 1.31. The highest BCUT2D eigenvalue weighted by Crippen LogP contribution is 2.13. The highest BCUT2D eigenvalue weighted by molar-refractivity contribution is 7.15. The lowest BCUT2D eigenvalue weighted by Crippen LogP contribution is -2.10. The Balaban J connectivity index is 2.40. The van der Waals surface area contributed by atoms with E-state index >= 15 is 0 Å². The van der Waals surface area contributed by atoms with Gasteiger partial charge in [0, 0.05) is 12.8 Å². The third-order valence-corrected chi connectivity index (χ3v) is 2.02. The minimum Gasteiger partial charge on any atom is -0.303 e. The van der Waals surface area contributed by atoms with E-state index in [4.69, 9.17) is 0 Å².